The molecular weight excluding hydrogens is 444 g/mol. The number of Topliss-reactive ketones (excluding diaryl/α,β-unsaturated/α-hetero) is 2. The van der Waals surface area contributed by atoms with Crippen molar-refractivity contribution in [2.24, 2.45) is 17.6 Å². The highest BCUT2D eigenvalue weighted by molar-refractivity contribution is 6.24. The quantitative estimate of drug-likeness (QED) is 0.135. The summed E-state index contributed by atoms with van der Waals surface area (Å²) in [5.41, 5.74) is 8.57. The van der Waals surface area contributed by atoms with Crippen LogP contribution in [0.4, 0.5) is 11.4 Å². The Morgan fingerprint density at radius 1 is 1.26 bits per heavy atom. The van der Waals surface area contributed by atoms with Gasteiger partial charge in [0.25, 0.3) is 5.91 Å². The van der Waals surface area contributed by atoms with Crippen molar-refractivity contribution >= 4 is 34.6 Å². The number of nitrogens with two attached hydrogens (primary N) is 2. The van der Waals surface area contributed by atoms with Crippen LogP contribution in [-0.2, 0) is 20.8 Å². The summed E-state index contributed by atoms with van der Waals surface area (Å²) in [4.78, 5) is 40.2. The molecule has 182 valence electrons. The van der Waals surface area contributed by atoms with E-state index in [0.717, 1.165) is 0 Å². The smallest absolute Gasteiger partial charge is 0.255 e. The maximum Gasteiger partial charge on any atom is 0.255 e. The lowest BCUT2D eigenvalue weighted by molar-refractivity contribution is -0.153. The summed E-state index contributed by atoms with van der Waals surface area (Å²) in [5.74, 6) is -6.97. The average molecular weight is 472 g/mol. The number of phenols is 1. The summed E-state index contributed by atoms with van der Waals surface area (Å²) >= 11 is 0. The van der Waals surface area contributed by atoms with Crippen molar-refractivity contribution in [1.29, 1.82) is 0 Å². The number of fused-ring (bicyclic) bond motifs is 3. The molecule has 1 aromatic rings. The fourth-order valence-corrected chi connectivity index (χ4v) is 5.68. The minimum Gasteiger partial charge on any atom is -0.508 e. The Morgan fingerprint density at radius 3 is 2.47 bits per heavy atom. The van der Waals surface area contributed by atoms with Gasteiger partial charge in [0.1, 0.15) is 22.8 Å². The van der Waals surface area contributed by atoms with Gasteiger partial charge >= 0.3 is 0 Å². The maximum atomic E-state index is 13.7. The molecule has 11 heteroatoms. The molecule has 0 aliphatic heterocycles. The largest absolute Gasteiger partial charge is 0.508 e. The lowest BCUT2D eigenvalue weighted by Crippen LogP contribution is -2.65. The number of aliphatic hydroxyl groups excluding tert-OH is 2. The van der Waals surface area contributed by atoms with E-state index in [-0.39, 0.29) is 29.7 Å². The van der Waals surface area contributed by atoms with Gasteiger partial charge in [0.15, 0.2) is 11.4 Å². The van der Waals surface area contributed by atoms with E-state index < -0.39 is 63.8 Å². The fourth-order valence-electron chi connectivity index (χ4n) is 5.68. The maximum absolute atomic E-state index is 13.7. The summed E-state index contributed by atoms with van der Waals surface area (Å²) in [6.07, 6.45) is 0.229. The van der Waals surface area contributed by atoms with Crippen LogP contribution < -0.4 is 16.8 Å². The molecule has 3 aliphatic rings. The first kappa shape index (κ1) is 23.6. The van der Waals surface area contributed by atoms with E-state index in [4.69, 9.17) is 11.5 Å². The number of amides is 1. The molecular formula is C23H28N4O7. The van der Waals surface area contributed by atoms with Gasteiger partial charge in [-0.2, -0.15) is 0 Å². The first-order chi connectivity index (χ1) is 15.9. The van der Waals surface area contributed by atoms with Gasteiger partial charge in [0, 0.05) is 23.7 Å². The zero-order chi connectivity index (χ0) is 25.3. The van der Waals surface area contributed by atoms with Crippen LogP contribution in [0.1, 0.15) is 24.5 Å². The molecule has 1 fully saturated rings. The SMILES string of the molecule is CCNc1cc(N)c(O)c2c1CC1CC3[C@H](N(C)C)C(=O)C(C(N)=O)=C(O)C3(O)C(=O)C1=C2O. The van der Waals surface area contributed by atoms with E-state index in [1.54, 1.807) is 14.1 Å². The van der Waals surface area contributed by atoms with Crippen molar-refractivity contribution in [2.45, 2.75) is 31.4 Å². The molecule has 0 radical (unpaired) electrons. The molecule has 4 atom stereocenters. The third kappa shape index (κ3) is 2.93. The minimum absolute atomic E-state index is 0.0187. The van der Waals surface area contributed by atoms with Crippen molar-refractivity contribution in [3.8, 4) is 5.75 Å². The summed E-state index contributed by atoms with van der Waals surface area (Å²) in [6.45, 7) is 2.40. The number of nitrogens with zero attached hydrogens (tertiary/aromatic N) is 1. The molecule has 0 heterocycles. The highest BCUT2D eigenvalue weighted by Gasteiger charge is 2.64. The number of hydrogen-bond acceptors (Lipinski definition) is 10. The molecule has 9 N–H and O–H groups in total. The monoisotopic (exact) mass is 472 g/mol. The third-order valence-corrected chi connectivity index (χ3v) is 7.12. The molecule has 4 rings (SSSR count). The molecule has 1 aromatic carbocycles. The van der Waals surface area contributed by atoms with Crippen LogP contribution in [0.25, 0.3) is 5.76 Å². The lowest BCUT2D eigenvalue weighted by Gasteiger charge is -2.50. The molecule has 0 saturated heterocycles. The van der Waals surface area contributed by atoms with E-state index in [0.29, 0.717) is 17.8 Å². The zero-order valence-corrected chi connectivity index (χ0v) is 19.0. The van der Waals surface area contributed by atoms with Crippen LogP contribution in [-0.4, -0.2) is 75.1 Å². The van der Waals surface area contributed by atoms with E-state index in [1.165, 1.54) is 11.0 Å². The van der Waals surface area contributed by atoms with Crippen LogP contribution in [0.3, 0.4) is 0 Å². The van der Waals surface area contributed by atoms with Gasteiger partial charge in [-0.05, 0) is 51.4 Å². The standard InChI is InChI=1S/C23H28N4O7/c1-4-26-12-7-11(24)17(28)14-9(12)5-8-6-10-16(27(2)3)19(30)15(22(25)33)21(32)23(10,34)20(31)13(8)18(14)29/h7-8,10,16,26,28-29,32,34H,4-6,24H2,1-3H3,(H2,25,33)/t8?,10?,16-,23?/m0/s1. The molecule has 3 unspecified atom stereocenters. The van der Waals surface area contributed by atoms with E-state index in [1.807, 2.05) is 6.92 Å². The van der Waals surface area contributed by atoms with E-state index in [9.17, 15) is 34.8 Å². The number of rotatable bonds is 4. The number of likely N-dealkylation sites (N-methyl/N-ethyl adjacent to an activating group) is 1. The highest BCUT2D eigenvalue weighted by atomic mass is 16.3. The number of carbonyl (C=O) groups excluding carboxylic acids is 3. The van der Waals surface area contributed by atoms with Gasteiger partial charge in [0.2, 0.25) is 5.78 Å². The number of aromatic hydroxyl groups is 1. The van der Waals surface area contributed by atoms with Gasteiger partial charge < -0.3 is 37.2 Å². The van der Waals surface area contributed by atoms with Gasteiger partial charge in [-0.15, -0.1) is 0 Å². The molecule has 1 amide bonds. The topological polar surface area (TPSA) is 199 Å². The zero-order valence-electron chi connectivity index (χ0n) is 19.0. The normalized spacial score (nSPS) is 28.6. The second-order valence-corrected chi connectivity index (χ2v) is 9.21. The Morgan fingerprint density at radius 2 is 1.91 bits per heavy atom. The van der Waals surface area contributed by atoms with Crippen LogP contribution in [0.2, 0.25) is 0 Å². The summed E-state index contributed by atoms with van der Waals surface area (Å²) in [5, 5.41) is 47.3. The molecule has 1 saturated carbocycles. The van der Waals surface area contributed by atoms with Crippen molar-refractivity contribution in [1.82, 2.24) is 4.90 Å². The Labute approximate surface area is 195 Å². The number of nitrogen functional groups attached to an aromatic ring is 1. The summed E-state index contributed by atoms with van der Waals surface area (Å²) in [6, 6.07) is 0.419. The number of nitrogens with one attached hydrogen (secondary N) is 1. The van der Waals surface area contributed by atoms with E-state index in [2.05, 4.69) is 5.32 Å². The molecule has 34 heavy (non-hydrogen) atoms. The first-order valence-electron chi connectivity index (χ1n) is 10.9. The number of ketones is 2. The van der Waals surface area contributed by atoms with E-state index >= 15 is 0 Å². The number of carbonyl (C=O) groups is 3. The molecule has 11 nitrogen and oxygen atoms in total. The second kappa shape index (κ2) is 7.74. The summed E-state index contributed by atoms with van der Waals surface area (Å²) < 4.78 is 0. The van der Waals surface area contributed by atoms with Crippen LogP contribution in [0.5, 0.6) is 5.75 Å². The first-order valence-corrected chi connectivity index (χ1v) is 10.9. The van der Waals surface area contributed by atoms with Gasteiger partial charge in [-0.3, -0.25) is 19.3 Å². The number of phenolic OH excluding ortho intramolecular Hbond substituents is 1. The Bertz CT molecular complexity index is 1200. The fraction of sp³-hybridized carbons (Fsp3) is 0.435. The predicted octanol–water partition coefficient (Wildman–Crippen LogP) is -0.0220. The Balaban J connectivity index is 1.99. The van der Waals surface area contributed by atoms with Crippen molar-refractivity contribution < 1.29 is 34.8 Å². The molecule has 0 aromatic heterocycles. The van der Waals surface area contributed by atoms with Crippen LogP contribution in [0.15, 0.2) is 23.0 Å². The van der Waals surface area contributed by atoms with Crippen LogP contribution >= 0.6 is 0 Å². The number of hydrogen-bond donors (Lipinski definition) is 7. The van der Waals surface area contributed by atoms with Crippen molar-refractivity contribution in [2.75, 3.05) is 31.7 Å². The number of benzene rings is 1. The van der Waals surface area contributed by atoms with Gasteiger partial charge in [0.05, 0.1) is 17.3 Å². The number of anilines is 2. The minimum atomic E-state index is -2.66. The summed E-state index contributed by atoms with van der Waals surface area (Å²) in [7, 11) is 3.11. The second-order valence-electron chi connectivity index (χ2n) is 9.21. The number of primary amides is 1. The average Bonchev–Trinajstić information content (AvgIpc) is 2.74. The molecule has 3 aliphatic carbocycles. The third-order valence-electron chi connectivity index (χ3n) is 7.12. The Kier molecular flexibility index (Phi) is 5.37. The van der Waals surface area contributed by atoms with Gasteiger partial charge in [-0.25, -0.2) is 0 Å². The van der Waals surface area contributed by atoms with Gasteiger partial charge in [-0.1, -0.05) is 0 Å². The predicted molar refractivity (Wildman–Crippen MR) is 123 cm³/mol. The molecule has 0 spiro atoms. The van der Waals surface area contributed by atoms with Crippen LogP contribution in [0, 0.1) is 11.8 Å². The molecule has 0 bridgehead atoms. The Hall–Kier alpha value is -3.57. The highest BCUT2D eigenvalue weighted by Crippen LogP contribution is 2.54. The van der Waals surface area contributed by atoms with Crippen molar-refractivity contribution in [3.63, 3.8) is 0 Å². The van der Waals surface area contributed by atoms with Crippen molar-refractivity contribution in [3.05, 3.63) is 34.1 Å². The lowest BCUT2D eigenvalue weighted by atomic mass is 9.57. The number of aliphatic hydroxyl groups is 3.